The third-order valence-corrected chi connectivity index (χ3v) is 3.44. The second-order valence-corrected chi connectivity index (χ2v) is 5.21. The van der Waals surface area contributed by atoms with Gasteiger partial charge >= 0.3 is 0 Å². The van der Waals surface area contributed by atoms with Gasteiger partial charge in [0.05, 0.1) is 11.8 Å². The number of carbonyl (C=O) groups excluding carboxylic acids is 1. The molecule has 1 heterocycles. The van der Waals surface area contributed by atoms with Crippen molar-refractivity contribution in [3.05, 3.63) is 71.2 Å². The second-order valence-electron chi connectivity index (χ2n) is 4.77. The Kier molecular flexibility index (Phi) is 4.30. The van der Waals surface area contributed by atoms with E-state index in [1.54, 1.807) is 42.6 Å². The van der Waals surface area contributed by atoms with Crippen LogP contribution in [0.15, 0.2) is 59.1 Å². The van der Waals surface area contributed by atoms with E-state index in [0.717, 1.165) is 5.56 Å². The predicted molar refractivity (Wildman–Crippen MR) is 86.2 cm³/mol. The monoisotopic (exact) mass is 328 g/mol. The molecule has 0 aliphatic carbocycles. The van der Waals surface area contributed by atoms with Crippen LogP contribution in [0.3, 0.4) is 0 Å². The fraction of sp³-hybridized carbons (Fsp3) is 0.0588. The van der Waals surface area contributed by atoms with E-state index in [2.05, 4.69) is 4.98 Å². The summed E-state index contributed by atoms with van der Waals surface area (Å²) in [7, 11) is 0. The zero-order chi connectivity index (χ0) is 16.2. The summed E-state index contributed by atoms with van der Waals surface area (Å²) in [4.78, 5) is 15.5. The number of primary amides is 1. The van der Waals surface area contributed by atoms with Gasteiger partial charge in [-0.15, -0.1) is 0 Å². The lowest BCUT2D eigenvalue weighted by Gasteiger charge is -2.07. The summed E-state index contributed by atoms with van der Waals surface area (Å²) in [6, 6.07) is 14.0. The predicted octanol–water partition coefficient (Wildman–Crippen LogP) is 3.67. The Balaban J connectivity index is 1.73. The highest BCUT2D eigenvalue weighted by Gasteiger charge is 2.11. The fourth-order valence-corrected chi connectivity index (χ4v) is 2.19. The van der Waals surface area contributed by atoms with Crippen LogP contribution < -0.4 is 10.5 Å². The fourth-order valence-electron chi connectivity index (χ4n) is 2.06. The van der Waals surface area contributed by atoms with Gasteiger partial charge in [0.1, 0.15) is 5.75 Å². The van der Waals surface area contributed by atoms with Crippen molar-refractivity contribution in [1.29, 1.82) is 0 Å². The average Bonchev–Trinajstić information content (AvgIpc) is 3.03. The molecule has 1 amide bonds. The van der Waals surface area contributed by atoms with Crippen molar-refractivity contribution in [2.45, 2.75) is 6.61 Å². The quantitative estimate of drug-likeness (QED) is 0.775. The number of nitrogens with two attached hydrogens (primary N) is 1. The van der Waals surface area contributed by atoms with E-state index < -0.39 is 5.91 Å². The summed E-state index contributed by atoms with van der Waals surface area (Å²) in [5.41, 5.74) is 6.49. The molecular formula is C17H13ClN2O3. The molecule has 3 aromatic rings. The number of carbonyl (C=O) groups is 1. The molecule has 23 heavy (non-hydrogen) atoms. The molecule has 0 spiro atoms. The van der Waals surface area contributed by atoms with E-state index in [-0.39, 0.29) is 6.61 Å². The van der Waals surface area contributed by atoms with Crippen molar-refractivity contribution >= 4 is 17.5 Å². The van der Waals surface area contributed by atoms with Crippen LogP contribution in [0.4, 0.5) is 0 Å². The van der Waals surface area contributed by atoms with Gasteiger partial charge in [0.25, 0.3) is 5.91 Å². The zero-order valence-corrected chi connectivity index (χ0v) is 12.8. The molecule has 0 unspecified atom stereocenters. The number of oxazole rings is 1. The first-order chi connectivity index (χ1) is 11.1. The maximum atomic E-state index is 11.3. The molecule has 0 aliphatic heterocycles. The van der Waals surface area contributed by atoms with Crippen LogP contribution in [0.25, 0.3) is 11.3 Å². The molecule has 3 rings (SSSR count). The first-order valence-corrected chi connectivity index (χ1v) is 7.23. The summed E-state index contributed by atoms with van der Waals surface area (Å²) >= 11 is 5.86. The van der Waals surface area contributed by atoms with Gasteiger partial charge in [0.2, 0.25) is 5.89 Å². The van der Waals surface area contributed by atoms with Gasteiger partial charge in [-0.3, -0.25) is 4.79 Å². The number of benzene rings is 2. The largest absolute Gasteiger partial charge is 0.483 e. The van der Waals surface area contributed by atoms with E-state index in [0.29, 0.717) is 28.0 Å². The van der Waals surface area contributed by atoms with Crippen molar-refractivity contribution in [3.63, 3.8) is 0 Å². The molecule has 0 fully saturated rings. The number of amides is 1. The van der Waals surface area contributed by atoms with Crippen LogP contribution in [-0.2, 0) is 6.61 Å². The molecule has 0 atom stereocenters. The Labute approximate surface area is 137 Å². The van der Waals surface area contributed by atoms with Gasteiger partial charge in [0.15, 0.2) is 12.4 Å². The molecule has 0 radical (unpaired) electrons. The minimum atomic E-state index is -0.546. The molecule has 116 valence electrons. The van der Waals surface area contributed by atoms with Crippen LogP contribution in [0.5, 0.6) is 5.75 Å². The maximum absolute atomic E-state index is 11.3. The molecule has 5 nitrogen and oxygen atoms in total. The second kappa shape index (κ2) is 6.54. The summed E-state index contributed by atoms with van der Waals surface area (Å²) in [5.74, 6) is 0.860. The average molecular weight is 329 g/mol. The first-order valence-electron chi connectivity index (χ1n) is 6.86. The molecule has 2 aromatic carbocycles. The Morgan fingerprint density at radius 2 is 1.91 bits per heavy atom. The summed E-state index contributed by atoms with van der Waals surface area (Å²) < 4.78 is 11.2. The van der Waals surface area contributed by atoms with Gasteiger partial charge in [-0.1, -0.05) is 23.7 Å². The lowest BCUT2D eigenvalue weighted by atomic mass is 10.2. The smallest absolute Gasteiger partial charge is 0.252 e. The van der Waals surface area contributed by atoms with Crippen molar-refractivity contribution in [2.24, 2.45) is 5.73 Å². The third-order valence-electron chi connectivity index (χ3n) is 3.19. The summed E-state index contributed by atoms with van der Waals surface area (Å²) in [5, 5.41) is 0.653. The van der Waals surface area contributed by atoms with Crippen LogP contribution in [-0.4, -0.2) is 10.9 Å². The van der Waals surface area contributed by atoms with Gasteiger partial charge < -0.3 is 14.9 Å². The molecule has 6 heteroatoms. The SMILES string of the molecule is NC(=O)c1ccccc1OCc1ncc(-c2ccc(Cl)cc2)o1. The molecule has 1 aromatic heterocycles. The van der Waals surface area contributed by atoms with Gasteiger partial charge in [-0.05, 0) is 36.4 Å². The number of aromatic nitrogens is 1. The molecule has 0 saturated carbocycles. The third kappa shape index (κ3) is 3.52. The lowest BCUT2D eigenvalue weighted by Crippen LogP contribution is -2.12. The topological polar surface area (TPSA) is 78.4 Å². The van der Waals surface area contributed by atoms with Crippen molar-refractivity contribution in [3.8, 4) is 17.1 Å². The number of para-hydroxylation sites is 1. The Hall–Kier alpha value is -2.79. The minimum absolute atomic E-state index is 0.0951. The van der Waals surface area contributed by atoms with Crippen LogP contribution in [0.2, 0.25) is 5.02 Å². The molecule has 0 aliphatic rings. The Morgan fingerprint density at radius 3 is 2.65 bits per heavy atom. The highest BCUT2D eigenvalue weighted by Crippen LogP contribution is 2.23. The first kappa shape index (κ1) is 15.1. The van der Waals surface area contributed by atoms with Crippen LogP contribution in [0.1, 0.15) is 16.2 Å². The van der Waals surface area contributed by atoms with Crippen LogP contribution >= 0.6 is 11.6 Å². The Morgan fingerprint density at radius 1 is 1.17 bits per heavy atom. The van der Waals surface area contributed by atoms with Crippen LogP contribution in [0, 0.1) is 0 Å². The van der Waals surface area contributed by atoms with Crippen molar-refractivity contribution < 1.29 is 13.9 Å². The van der Waals surface area contributed by atoms with E-state index in [1.165, 1.54) is 0 Å². The number of ether oxygens (including phenoxy) is 1. The molecule has 0 bridgehead atoms. The summed E-state index contributed by atoms with van der Waals surface area (Å²) in [6.07, 6.45) is 1.61. The minimum Gasteiger partial charge on any atom is -0.483 e. The highest BCUT2D eigenvalue weighted by molar-refractivity contribution is 6.30. The normalized spacial score (nSPS) is 10.5. The van der Waals surface area contributed by atoms with Gasteiger partial charge in [-0.25, -0.2) is 4.98 Å². The molecular weight excluding hydrogens is 316 g/mol. The van der Waals surface area contributed by atoms with E-state index in [4.69, 9.17) is 26.5 Å². The number of rotatable bonds is 5. The maximum Gasteiger partial charge on any atom is 0.252 e. The number of nitrogens with zero attached hydrogens (tertiary/aromatic N) is 1. The zero-order valence-electron chi connectivity index (χ0n) is 12.0. The highest BCUT2D eigenvalue weighted by atomic mass is 35.5. The van der Waals surface area contributed by atoms with E-state index >= 15 is 0 Å². The standard InChI is InChI=1S/C17H13ClN2O3/c18-12-7-5-11(6-8-12)15-9-20-16(23-15)10-22-14-4-2-1-3-13(14)17(19)21/h1-9H,10H2,(H2,19,21). The van der Waals surface area contributed by atoms with E-state index in [9.17, 15) is 4.79 Å². The molecule has 0 saturated heterocycles. The van der Waals surface area contributed by atoms with Gasteiger partial charge in [0, 0.05) is 10.6 Å². The number of halogens is 1. The van der Waals surface area contributed by atoms with Gasteiger partial charge in [-0.2, -0.15) is 0 Å². The number of hydrogen-bond donors (Lipinski definition) is 1. The summed E-state index contributed by atoms with van der Waals surface area (Å²) in [6.45, 7) is 0.0951. The lowest BCUT2D eigenvalue weighted by molar-refractivity contribution is 0.0995. The van der Waals surface area contributed by atoms with Crippen molar-refractivity contribution in [1.82, 2.24) is 4.98 Å². The Bertz CT molecular complexity index is 828. The van der Waals surface area contributed by atoms with Crippen molar-refractivity contribution in [2.75, 3.05) is 0 Å². The molecule has 2 N–H and O–H groups in total. The number of hydrogen-bond acceptors (Lipinski definition) is 4. The van der Waals surface area contributed by atoms with E-state index in [1.807, 2.05) is 12.1 Å².